The van der Waals surface area contributed by atoms with Gasteiger partial charge in [0.25, 0.3) is 0 Å². The summed E-state index contributed by atoms with van der Waals surface area (Å²) >= 11 is 1.52. The molecule has 1 atom stereocenters. The lowest BCUT2D eigenvalue weighted by Crippen LogP contribution is -2.23. The van der Waals surface area contributed by atoms with Crippen molar-refractivity contribution in [3.8, 4) is 10.4 Å². The Hall–Kier alpha value is -3.01. The predicted molar refractivity (Wildman–Crippen MR) is 122 cm³/mol. The summed E-state index contributed by atoms with van der Waals surface area (Å²) in [4.78, 5) is 24.2. The minimum absolute atomic E-state index is 0.100. The Balaban J connectivity index is 1.78. The zero-order chi connectivity index (χ0) is 24.4. The first-order chi connectivity index (χ1) is 15.3. The zero-order valence-electron chi connectivity index (χ0n) is 18.7. The molecule has 1 unspecified atom stereocenters. The summed E-state index contributed by atoms with van der Waals surface area (Å²) in [6.45, 7) is 7.34. The van der Waals surface area contributed by atoms with Crippen LogP contribution in [0.2, 0.25) is 0 Å². The lowest BCUT2D eigenvalue weighted by atomic mass is 9.85. The van der Waals surface area contributed by atoms with Crippen molar-refractivity contribution < 1.29 is 23.1 Å². The van der Waals surface area contributed by atoms with E-state index in [9.17, 15) is 23.1 Å². The first-order valence-electron chi connectivity index (χ1n) is 10.3. The number of carbonyl (C=O) groups is 1. The third kappa shape index (κ3) is 6.28. The second-order valence-corrected chi connectivity index (χ2v) is 9.73. The highest BCUT2D eigenvalue weighted by molar-refractivity contribution is 7.15. The molecule has 2 N–H and O–H groups in total. The summed E-state index contributed by atoms with van der Waals surface area (Å²) in [5, 5.41) is 13.1. The molecule has 6 nitrogen and oxygen atoms in total. The molecule has 0 saturated heterocycles. The average molecular weight is 479 g/mol. The lowest BCUT2D eigenvalue weighted by molar-refractivity contribution is -0.147. The van der Waals surface area contributed by atoms with Gasteiger partial charge < -0.3 is 10.4 Å². The van der Waals surface area contributed by atoms with E-state index in [-0.39, 0.29) is 11.9 Å². The van der Waals surface area contributed by atoms with Gasteiger partial charge in [0.2, 0.25) is 5.95 Å². The maximum absolute atomic E-state index is 12.9. The first kappa shape index (κ1) is 24.6. The molecule has 176 valence electrons. The van der Waals surface area contributed by atoms with Crippen molar-refractivity contribution in [1.29, 1.82) is 0 Å². The van der Waals surface area contributed by atoms with Crippen molar-refractivity contribution in [3.05, 3.63) is 52.9 Å². The minimum Gasteiger partial charge on any atom is -0.481 e. The van der Waals surface area contributed by atoms with Gasteiger partial charge in [-0.15, -0.1) is 11.3 Å². The van der Waals surface area contributed by atoms with E-state index in [0.29, 0.717) is 18.5 Å². The summed E-state index contributed by atoms with van der Waals surface area (Å²) < 4.78 is 38.8. The van der Waals surface area contributed by atoms with Crippen molar-refractivity contribution in [2.75, 3.05) is 5.32 Å². The second kappa shape index (κ2) is 9.46. The number of benzene rings is 1. The molecule has 0 aliphatic carbocycles. The number of thiazole rings is 1. The maximum Gasteiger partial charge on any atom is 0.433 e. The van der Waals surface area contributed by atoms with Crippen LogP contribution < -0.4 is 5.32 Å². The van der Waals surface area contributed by atoms with Gasteiger partial charge in [0.15, 0.2) is 0 Å². The standard InChI is InChI=1S/C23H25F3N4O2S/c1-13-9-15(11-16(10-13)29-21-27-8-6-18(30-21)23(24,25)26)17-12-28-19(33-17)14(2)5-7-22(3,4)20(31)32/h6,8-12,14H,5,7H2,1-4H3,(H,31,32)(H,27,29,30). The first-order valence-corrected chi connectivity index (χ1v) is 11.2. The van der Waals surface area contributed by atoms with Crippen LogP contribution in [0.5, 0.6) is 0 Å². The normalized spacial score (nSPS) is 13.1. The molecule has 0 aliphatic rings. The van der Waals surface area contributed by atoms with Gasteiger partial charge in [-0.2, -0.15) is 13.2 Å². The van der Waals surface area contributed by atoms with Gasteiger partial charge in [0.05, 0.1) is 15.3 Å². The number of aryl methyl sites for hydroxylation is 1. The molecule has 0 radical (unpaired) electrons. The maximum atomic E-state index is 12.9. The quantitative estimate of drug-likeness (QED) is 0.376. The van der Waals surface area contributed by atoms with Gasteiger partial charge in [0.1, 0.15) is 5.69 Å². The van der Waals surface area contributed by atoms with Gasteiger partial charge in [-0.1, -0.05) is 13.0 Å². The summed E-state index contributed by atoms with van der Waals surface area (Å²) in [5.41, 5.74) is 0.534. The van der Waals surface area contributed by atoms with Crippen molar-refractivity contribution in [1.82, 2.24) is 15.0 Å². The highest BCUT2D eigenvalue weighted by Crippen LogP contribution is 2.36. The van der Waals surface area contributed by atoms with Crippen LogP contribution in [0.3, 0.4) is 0 Å². The van der Waals surface area contributed by atoms with E-state index in [1.165, 1.54) is 11.3 Å². The Morgan fingerprint density at radius 2 is 1.94 bits per heavy atom. The fourth-order valence-electron chi connectivity index (χ4n) is 3.16. The molecular weight excluding hydrogens is 453 g/mol. The molecular formula is C23H25F3N4O2S. The van der Waals surface area contributed by atoms with E-state index in [1.54, 1.807) is 26.1 Å². The van der Waals surface area contributed by atoms with Crippen molar-refractivity contribution in [2.45, 2.75) is 52.6 Å². The predicted octanol–water partition coefficient (Wildman–Crippen LogP) is 6.67. The molecule has 33 heavy (non-hydrogen) atoms. The Morgan fingerprint density at radius 1 is 1.21 bits per heavy atom. The van der Waals surface area contributed by atoms with Gasteiger partial charge in [-0.25, -0.2) is 15.0 Å². The van der Waals surface area contributed by atoms with E-state index in [0.717, 1.165) is 33.3 Å². The highest BCUT2D eigenvalue weighted by Gasteiger charge is 2.33. The van der Waals surface area contributed by atoms with Gasteiger partial charge >= 0.3 is 12.1 Å². The SMILES string of the molecule is Cc1cc(Nc2nccc(C(F)(F)F)n2)cc(-c2cnc(C(C)CCC(C)(C)C(=O)O)s2)c1. The van der Waals surface area contributed by atoms with Crippen molar-refractivity contribution in [3.63, 3.8) is 0 Å². The highest BCUT2D eigenvalue weighted by atomic mass is 32.1. The number of anilines is 2. The molecule has 3 aromatic rings. The van der Waals surface area contributed by atoms with Crippen molar-refractivity contribution >= 4 is 28.9 Å². The number of aromatic nitrogens is 3. The molecule has 10 heteroatoms. The van der Waals surface area contributed by atoms with Crippen LogP contribution in [0.4, 0.5) is 24.8 Å². The van der Waals surface area contributed by atoms with Crippen LogP contribution in [0, 0.1) is 12.3 Å². The molecule has 2 aromatic heterocycles. The monoisotopic (exact) mass is 478 g/mol. The van der Waals surface area contributed by atoms with Crippen LogP contribution in [0.1, 0.15) is 55.8 Å². The largest absolute Gasteiger partial charge is 0.481 e. The molecule has 0 amide bonds. The van der Waals surface area contributed by atoms with Crippen LogP contribution >= 0.6 is 11.3 Å². The fourth-order valence-corrected chi connectivity index (χ4v) is 4.15. The Kier molecular flexibility index (Phi) is 7.06. The van der Waals surface area contributed by atoms with Crippen LogP contribution in [-0.4, -0.2) is 26.0 Å². The smallest absolute Gasteiger partial charge is 0.433 e. The third-order valence-corrected chi connectivity index (χ3v) is 6.57. The van der Waals surface area contributed by atoms with Crippen LogP contribution in [0.15, 0.2) is 36.7 Å². The number of nitrogens with one attached hydrogen (secondary N) is 1. The molecule has 0 fully saturated rings. The summed E-state index contributed by atoms with van der Waals surface area (Å²) in [7, 11) is 0. The van der Waals surface area contributed by atoms with E-state index < -0.39 is 23.3 Å². The number of hydrogen-bond donors (Lipinski definition) is 2. The topological polar surface area (TPSA) is 88.0 Å². The molecule has 0 aliphatic heterocycles. The van der Waals surface area contributed by atoms with Crippen molar-refractivity contribution in [2.24, 2.45) is 5.41 Å². The lowest BCUT2D eigenvalue weighted by Gasteiger charge is -2.20. The number of alkyl halides is 3. The van der Waals surface area contributed by atoms with Gasteiger partial charge in [-0.05, 0) is 62.9 Å². The molecule has 0 spiro atoms. The Morgan fingerprint density at radius 3 is 2.61 bits per heavy atom. The van der Waals surface area contributed by atoms with E-state index in [4.69, 9.17) is 0 Å². The number of carboxylic acid groups (broad SMARTS) is 1. The number of nitrogens with zero attached hydrogens (tertiary/aromatic N) is 3. The fraction of sp³-hybridized carbons (Fsp3) is 0.391. The van der Waals surface area contributed by atoms with Crippen LogP contribution in [0.25, 0.3) is 10.4 Å². The second-order valence-electron chi connectivity index (χ2n) is 8.67. The average Bonchev–Trinajstić information content (AvgIpc) is 3.21. The number of halogens is 3. The number of rotatable bonds is 8. The third-order valence-electron chi connectivity index (χ3n) is 5.29. The van der Waals surface area contributed by atoms with E-state index in [1.807, 2.05) is 26.0 Å². The molecule has 0 bridgehead atoms. The Labute approximate surface area is 193 Å². The number of hydrogen-bond acceptors (Lipinski definition) is 6. The summed E-state index contributed by atoms with van der Waals surface area (Å²) in [6, 6.07) is 6.40. The molecule has 0 saturated carbocycles. The zero-order valence-corrected chi connectivity index (χ0v) is 19.5. The van der Waals surface area contributed by atoms with Crippen LogP contribution in [-0.2, 0) is 11.0 Å². The molecule has 2 heterocycles. The number of carboxylic acids is 1. The van der Waals surface area contributed by atoms with Gasteiger partial charge in [-0.3, -0.25) is 4.79 Å². The minimum atomic E-state index is -4.55. The summed E-state index contributed by atoms with van der Waals surface area (Å²) in [5.74, 6) is -0.858. The Bertz CT molecular complexity index is 1140. The summed E-state index contributed by atoms with van der Waals surface area (Å²) in [6.07, 6.45) is -0.490. The molecule has 1 aromatic carbocycles. The van der Waals surface area contributed by atoms with Gasteiger partial charge in [0, 0.05) is 24.0 Å². The molecule has 3 rings (SSSR count). The van der Waals surface area contributed by atoms with E-state index >= 15 is 0 Å². The van der Waals surface area contributed by atoms with E-state index in [2.05, 4.69) is 20.3 Å². The number of aliphatic carboxylic acids is 1.